The number of fused-ring (bicyclic) bond motifs is 2. The fourth-order valence-electron chi connectivity index (χ4n) is 7.73. The largest absolute Gasteiger partial charge is 0.344 e. The van der Waals surface area contributed by atoms with Gasteiger partial charge in [0.1, 0.15) is 18.1 Å². The second-order valence-corrected chi connectivity index (χ2v) is 18.9. The molecule has 2 aliphatic heterocycles. The van der Waals surface area contributed by atoms with Crippen molar-refractivity contribution in [3.05, 3.63) is 83.6 Å². The van der Waals surface area contributed by atoms with Crippen molar-refractivity contribution in [2.75, 3.05) is 18.0 Å². The third-order valence-electron chi connectivity index (χ3n) is 11.0. The van der Waals surface area contributed by atoms with Gasteiger partial charge in [0.2, 0.25) is 5.69 Å². The van der Waals surface area contributed by atoms with Crippen LogP contribution in [-0.4, -0.2) is 60.9 Å². The molecule has 2 aliphatic rings. The standard InChI is InChI=1S/C43H58N2O8S2/c1-8-44-37-26-24-33(54(48,49)50)29-35(37)42(4,5)40(44)22-16-11-17-23-41-43(6,7)36-30-34(55(51,52)53)25-27-38(36)45(41)28-18-12-14-20-32(46)19-13-9-10-15-21-39(47)31(2)3/h11,16-17,22-27,29-31H,8-10,12-15,18-21,28H2,1-7H3,(H-,48,49,50,51,52,53)/p+1. The number of allylic oxidation sites excluding steroid dienone is 6. The van der Waals surface area contributed by atoms with Crippen LogP contribution in [0, 0.1) is 5.92 Å². The lowest BCUT2D eigenvalue weighted by molar-refractivity contribution is -0.438. The summed E-state index contributed by atoms with van der Waals surface area (Å²) in [6, 6.07) is 9.41. The average molecular weight is 796 g/mol. The van der Waals surface area contributed by atoms with Gasteiger partial charge in [-0.3, -0.25) is 18.7 Å². The summed E-state index contributed by atoms with van der Waals surface area (Å²) in [5, 5.41) is 0. The van der Waals surface area contributed by atoms with Crippen molar-refractivity contribution in [3.63, 3.8) is 0 Å². The van der Waals surface area contributed by atoms with E-state index in [0.29, 0.717) is 38.1 Å². The second kappa shape index (κ2) is 18.0. The zero-order valence-corrected chi connectivity index (χ0v) is 35.1. The molecule has 2 aromatic rings. The third kappa shape index (κ3) is 10.6. The van der Waals surface area contributed by atoms with Crippen LogP contribution in [0.2, 0.25) is 0 Å². The Labute approximate surface area is 328 Å². The first-order valence-electron chi connectivity index (χ1n) is 19.5. The fourth-order valence-corrected chi connectivity index (χ4v) is 8.74. The van der Waals surface area contributed by atoms with Gasteiger partial charge in [0, 0.05) is 72.7 Å². The fraction of sp³-hybridized carbons (Fsp3) is 0.512. The van der Waals surface area contributed by atoms with Crippen molar-refractivity contribution in [2.45, 2.75) is 133 Å². The van der Waals surface area contributed by atoms with Crippen molar-refractivity contribution in [3.8, 4) is 0 Å². The molecule has 0 atom stereocenters. The molecule has 0 amide bonds. The molecule has 300 valence electrons. The maximum absolute atomic E-state index is 12.5. The smallest absolute Gasteiger partial charge is 0.294 e. The summed E-state index contributed by atoms with van der Waals surface area (Å²) in [4.78, 5) is 26.2. The van der Waals surface area contributed by atoms with Gasteiger partial charge < -0.3 is 4.90 Å². The van der Waals surface area contributed by atoms with Crippen molar-refractivity contribution >= 4 is 48.9 Å². The quantitative estimate of drug-likeness (QED) is 0.0579. The molecule has 10 nitrogen and oxygen atoms in total. The predicted octanol–water partition coefficient (Wildman–Crippen LogP) is 9.07. The maximum Gasteiger partial charge on any atom is 0.294 e. The zero-order chi connectivity index (χ0) is 40.8. The highest BCUT2D eigenvalue weighted by atomic mass is 32.2. The Hall–Kier alpha value is -3.71. The van der Waals surface area contributed by atoms with Crippen LogP contribution in [0.3, 0.4) is 0 Å². The van der Waals surface area contributed by atoms with E-state index in [2.05, 4.69) is 9.48 Å². The summed E-state index contributed by atoms with van der Waals surface area (Å²) in [6.07, 6.45) is 17.7. The van der Waals surface area contributed by atoms with Crippen LogP contribution < -0.4 is 4.90 Å². The Balaban J connectivity index is 1.45. The number of hydrogen-bond acceptors (Lipinski definition) is 7. The molecule has 2 heterocycles. The van der Waals surface area contributed by atoms with E-state index in [9.17, 15) is 35.5 Å². The zero-order valence-electron chi connectivity index (χ0n) is 33.5. The molecular formula is C43H59N2O8S2+. The maximum atomic E-state index is 12.5. The molecule has 2 aromatic carbocycles. The number of unbranched alkanes of at least 4 members (excludes halogenated alkanes) is 5. The molecule has 0 spiro atoms. The molecule has 55 heavy (non-hydrogen) atoms. The van der Waals surface area contributed by atoms with E-state index in [1.165, 1.54) is 18.2 Å². The van der Waals surface area contributed by atoms with Gasteiger partial charge in [-0.25, -0.2) is 0 Å². The van der Waals surface area contributed by atoms with E-state index in [0.717, 1.165) is 78.9 Å². The average Bonchev–Trinajstić information content (AvgIpc) is 3.45. The molecule has 12 heteroatoms. The SMILES string of the molecule is CCN1\C(=C/C=C/C=C/C2=[N+](CCCCCC(=O)CCCCCCC(=O)C(C)C)c3ccc(S(=O)(=O)O)cc3C2(C)C)C(C)(C)c2cc(S(=O)(=O)O)ccc21. The number of anilines is 1. The number of benzene rings is 2. The Kier molecular flexibility index (Phi) is 14.4. The van der Waals surface area contributed by atoms with Crippen molar-refractivity contribution in [1.82, 2.24) is 0 Å². The number of ketones is 2. The van der Waals surface area contributed by atoms with Gasteiger partial charge in [-0.2, -0.15) is 21.4 Å². The third-order valence-corrected chi connectivity index (χ3v) is 12.7. The van der Waals surface area contributed by atoms with Gasteiger partial charge in [0.15, 0.2) is 5.71 Å². The second-order valence-electron chi connectivity index (χ2n) is 16.0. The van der Waals surface area contributed by atoms with Crippen LogP contribution in [0.15, 0.2) is 82.3 Å². The first kappa shape index (κ1) is 44.0. The monoisotopic (exact) mass is 795 g/mol. The van der Waals surface area contributed by atoms with Crippen LogP contribution >= 0.6 is 0 Å². The van der Waals surface area contributed by atoms with Crippen LogP contribution in [0.1, 0.15) is 124 Å². The highest BCUT2D eigenvalue weighted by Gasteiger charge is 2.45. The minimum atomic E-state index is -4.39. The van der Waals surface area contributed by atoms with E-state index in [4.69, 9.17) is 0 Å². The Morgan fingerprint density at radius 2 is 1.31 bits per heavy atom. The number of likely N-dealkylation sites (N-methyl/N-ethyl adjacent to an activating group) is 1. The van der Waals surface area contributed by atoms with Gasteiger partial charge >= 0.3 is 0 Å². The topological polar surface area (TPSA) is 149 Å². The summed E-state index contributed by atoms with van der Waals surface area (Å²) >= 11 is 0. The predicted molar refractivity (Wildman–Crippen MR) is 219 cm³/mol. The molecule has 2 N–H and O–H groups in total. The Morgan fingerprint density at radius 3 is 1.89 bits per heavy atom. The molecule has 0 unspecified atom stereocenters. The molecule has 0 saturated heterocycles. The number of carbonyl (C=O) groups is 2. The molecular weight excluding hydrogens is 737 g/mol. The lowest BCUT2D eigenvalue weighted by Gasteiger charge is -2.25. The lowest BCUT2D eigenvalue weighted by Crippen LogP contribution is -2.28. The van der Waals surface area contributed by atoms with E-state index < -0.39 is 31.1 Å². The Bertz CT molecular complexity index is 2110. The Morgan fingerprint density at radius 1 is 0.745 bits per heavy atom. The van der Waals surface area contributed by atoms with Gasteiger partial charge in [-0.1, -0.05) is 58.8 Å². The molecule has 0 saturated carbocycles. The molecule has 0 aromatic heterocycles. The van der Waals surface area contributed by atoms with E-state index in [1.807, 2.05) is 78.8 Å². The number of Topliss-reactive ketones (excluding diaryl/α,β-unsaturated/α-hetero) is 2. The molecule has 0 fully saturated rings. The van der Waals surface area contributed by atoms with Crippen molar-refractivity contribution < 1.29 is 40.1 Å². The van der Waals surface area contributed by atoms with Crippen molar-refractivity contribution in [1.29, 1.82) is 0 Å². The van der Waals surface area contributed by atoms with Crippen LogP contribution in [0.4, 0.5) is 11.4 Å². The van der Waals surface area contributed by atoms with Crippen molar-refractivity contribution in [2.24, 2.45) is 5.92 Å². The van der Waals surface area contributed by atoms with Gasteiger partial charge in [0.25, 0.3) is 20.2 Å². The lowest BCUT2D eigenvalue weighted by atomic mass is 9.81. The number of hydrogen-bond donors (Lipinski definition) is 2. The summed E-state index contributed by atoms with van der Waals surface area (Å²) in [7, 11) is -8.74. The molecule has 0 bridgehead atoms. The number of nitrogens with zero attached hydrogens (tertiary/aromatic N) is 2. The highest BCUT2D eigenvalue weighted by Crippen LogP contribution is 2.48. The summed E-state index contributed by atoms with van der Waals surface area (Å²) in [5.74, 6) is 0.655. The van der Waals surface area contributed by atoms with Gasteiger partial charge in [-0.05, 0) is 88.4 Å². The number of carbonyl (C=O) groups excluding carboxylic acids is 2. The van der Waals surface area contributed by atoms with Gasteiger partial charge in [0.05, 0.1) is 15.2 Å². The van der Waals surface area contributed by atoms with E-state index in [1.54, 1.807) is 18.2 Å². The van der Waals surface area contributed by atoms with Crippen LogP contribution in [0.25, 0.3) is 0 Å². The normalized spacial score (nSPS) is 17.3. The molecule has 0 aliphatic carbocycles. The molecule has 4 rings (SSSR count). The van der Waals surface area contributed by atoms with E-state index in [-0.39, 0.29) is 21.5 Å². The number of rotatable bonds is 20. The first-order valence-corrected chi connectivity index (χ1v) is 22.4. The van der Waals surface area contributed by atoms with Crippen LogP contribution in [-0.2, 0) is 40.7 Å². The summed E-state index contributed by atoms with van der Waals surface area (Å²) in [6.45, 7) is 15.3. The molecule has 0 radical (unpaired) electrons. The van der Waals surface area contributed by atoms with Crippen LogP contribution in [0.5, 0.6) is 0 Å². The summed E-state index contributed by atoms with van der Waals surface area (Å²) in [5.41, 5.74) is 4.24. The minimum Gasteiger partial charge on any atom is -0.344 e. The summed E-state index contributed by atoms with van der Waals surface area (Å²) < 4.78 is 69.5. The first-order chi connectivity index (χ1) is 25.7. The highest BCUT2D eigenvalue weighted by molar-refractivity contribution is 7.86. The minimum absolute atomic E-state index is 0.0814. The van der Waals surface area contributed by atoms with E-state index >= 15 is 0 Å². The van der Waals surface area contributed by atoms with Gasteiger partial charge in [-0.15, -0.1) is 0 Å².